The van der Waals surface area contributed by atoms with Crippen LogP contribution in [-0.4, -0.2) is 16.6 Å². The molecule has 1 rings (SSSR count). The van der Waals surface area contributed by atoms with E-state index >= 15 is 0 Å². The molecule has 1 aliphatic rings. The second kappa shape index (κ2) is 5.12. The second-order valence-corrected chi connectivity index (χ2v) is 8.04. The summed E-state index contributed by atoms with van der Waals surface area (Å²) in [5.74, 6) is 0.0774. The molecule has 114 valence electrons. The van der Waals surface area contributed by atoms with E-state index in [0.29, 0.717) is 11.1 Å². The summed E-state index contributed by atoms with van der Waals surface area (Å²) in [6, 6.07) is 0. The molecule has 1 aliphatic carbocycles. The monoisotopic (exact) mass is 280 g/mol. The topological polar surface area (TPSA) is 46.5 Å². The largest absolute Gasteiger partial charge is 0.289 e. The molecule has 0 spiro atoms. The van der Waals surface area contributed by atoms with E-state index in [4.69, 9.17) is 4.89 Å². The van der Waals surface area contributed by atoms with Crippen molar-refractivity contribution in [1.82, 2.24) is 0 Å². The molecule has 0 saturated carbocycles. The van der Waals surface area contributed by atoms with Crippen molar-refractivity contribution in [3.05, 3.63) is 23.3 Å². The molecule has 0 unspecified atom stereocenters. The third-order valence-electron chi connectivity index (χ3n) is 3.91. The fraction of sp³-hybridized carbons (Fsp3) is 0.706. The Morgan fingerprint density at radius 1 is 1.00 bits per heavy atom. The van der Waals surface area contributed by atoms with Crippen molar-refractivity contribution in [3.63, 3.8) is 0 Å². The van der Waals surface area contributed by atoms with Gasteiger partial charge in [-0.05, 0) is 28.9 Å². The van der Waals surface area contributed by atoms with Gasteiger partial charge >= 0.3 is 0 Å². The molecule has 0 amide bonds. The molecular weight excluding hydrogens is 252 g/mol. The van der Waals surface area contributed by atoms with E-state index in [1.165, 1.54) is 0 Å². The highest BCUT2D eigenvalue weighted by Gasteiger charge is 2.43. The molecule has 3 heteroatoms. The van der Waals surface area contributed by atoms with Crippen molar-refractivity contribution >= 4 is 5.78 Å². The third-order valence-corrected chi connectivity index (χ3v) is 3.91. The number of hydrogen-bond acceptors (Lipinski definition) is 3. The smallest absolute Gasteiger partial charge is 0.185 e. The van der Waals surface area contributed by atoms with Gasteiger partial charge in [0.15, 0.2) is 5.78 Å². The summed E-state index contributed by atoms with van der Waals surface area (Å²) in [5.41, 5.74) is -0.111. The molecule has 0 aliphatic heterocycles. The Morgan fingerprint density at radius 3 is 1.55 bits per heavy atom. The Kier molecular flexibility index (Phi) is 4.38. The summed E-state index contributed by atoms with van der Waals surface area (Å²) in [7, 11) is 0. The maximum Gasteiger partial charge on any atom is 0.185 e. The van der Waals surface area contributed by atoms with Crippen LogP contribution in [0, 0.1) is 16.7 Å². The molecule has 0 aromatic carbocycles. The van der Waals surface area contributed by atoms with Gasteiger partial charge in [0, 0.05) is 11.1 Å². The van der Waals surface area contributed by atoms with Crippen LogP contribution in [0.4, 0.5) is 0 Å². The average molecular weight is 280 g/mol. The lowest BCUT2D eigenvalue weighted by Crippen LogP contribution is -2.41. The van der Waals surface area contributed by atoms with Gasteiger partial charge in [-0.1, -0.05) is 55.4 Å². The van der Waals surface area contributed by atoms with Crippen LogP contribution in [0.3, 0.4) is 0 Å². The van der Waals surface area contributed by atoms with Gasteiger partial charge in [-0.15, -0.1) is 0 Å². The predicted molar refractivity (Wildman–Crippen MR) is 81.4 cm³/mol. The molecule has 0 heterocycles. The fourth-order valence-corrected chi connectivity index (χ4v) is 2.37. The molecule has 20 heavy (non-hydrogen) atoms. The first-order valence-electron chi connectivity index (χ1n) is 7.19. The lowest BCUT2D eigenvalue weighted by Gasteiger charge is -2.39. The quantitative estimate of drug-likeness (QED) is 0.602. The minimum Gasteiger partial charge on any atom is -0.289 e. The maximum atomic E-state index is 12.8. The number of carbonyl (C=O) groups excluding carboxylic acids is 1. The fourth-order valence-electron chi connectivity index (χ4n) is 2.37. The van der Waals surface area contributed by atoms with E-state index in [1.807, 2.05) is 55.4 Å². The van der Waals surface area contributed by atoms with Crippen LogP contribution < -0.4 is 0 Å². The van der Waals surface area contributed by atoms with Crippen LogP contribution in [-0.2, 0) is 9.68 Å². The van der Waals surface area contributed by atoms with Crippen molar-refractivity contribution in [2.24, 2.45) is 16.7 Å². The Morgan fingerprint density at radius 2 is 1.35 bits per heavy atom. The summed E-state index contributed by atoms with van der Waals surface area (Å²) in [5, 5.41) is 9.46. The predicted octanol–water partition coefficient (Wildman–Crippen LogP) is 4.40. The number of carbonyl (C=O) groups is 1. The van der Waals surface area contributed by atoms with E-state index in [-0.39, 0.29) is 22.5 Å². The second-order valence-electron chi connectivity index (χ2n) is 8.04. The van der Waals surface area contributed by atoms with Gasteiger partial charge in [-0.25, -0.2) is 4.89 Å². The van der Waals surface area contributed by atoms with Gasteiger partial charge < -0.3 is 0 Å². The zero-order valence-corrected chi connectivity index (χ0v) is 14.0. The summed E-state index contributed by atoms with van der Waals surface area (Å²) in [6.07, 6.45) is 3.57. The van der Waals surface area contributed by atoms with Crippen molar-refractivity contribution < 1.29 is 14.9 Å². The first-order chi connectivity index (χ1) is 8.85. The van der Waals surface area contributed by atoms with Gasteiger partial charge in [0.2, 0.25) is 0 Å². The molecular formula is C17H28O3. The molecule has 0 saturated heterocycles. The van der Waals surface area contributed by atoms with Crippen LogP contribution in [0.1, 0.15) is 55.4 Å². The van der Waals surface area contributed by atoms with E-state index in [9.17, 15) is 10.1 Å². The van der Waals surface area contributed by atoms with Crippen molar-refractivity contribution in [2.75, 3.05) is 0 Å². The Bertz CT molecular complexity index is 420. The van der Waals surface area contributed by atoms with E-state index < -0.39 is 5.60 Å². The molecule has 3 nitrogen and oxygen atoms in total. The number of allylic oxidation sites excluding steroid dienone is 2. The lowest BCUT2D eigenvalue weighted by molar-refractivity contribution is -0.303. The van der Waals surface area contributed by atoms with Gasteiger partial charge in [0.25, 0.3) is 0 Å². The molecule has 0 radical (unpaired) electrons. The Labute approximate surface area is 122 Å². The van der Waals surface area contributed by atoms with E-state index in [0.717, 1.165) is 0 Å². The molecule has 0 atom stereocenters. The third kappa shape index (κ3) is 3.04. The average Bonchev–Trinajstić information content (AvgIpc) is 2.26. The van der Waals surface area contributed by atoms with Crippen LogP contribution in [0.25, 0.3) is 0 Å². The zero-order valence-electron chi connectivity index (χ0n) is 14.0. The van der Waals surface area contributed by atoms with E-state index in [2.05, 4.69) is 0 Å². The highest BCUT2D eigenvalue weighted by atomic mass is 17.1. The number of Topliss-reactive ketones (excluding diaryl/α,β-unsaturated/α-hetero) is 1. The molecule has 0 aromatic rings. The van der Waals surface area contributed by atoms with Crippen LogP contribution in [0.5, 0.6) is 0 Å². The minimum absolute atomic E-state index is 0.0234. The first kappa shape index (κ1) is 17.1. The zero-order chi connectivity index (χ0) is 15.9. The van der Waals surface area contributed by atoms with Crippen LogP contribution >= 0.6 is 0 Å². The first-order valence-corrected chi connectivity index (χ1v) is 7.19. The minimum atomic E-state index is -0.931. The summed E-state index contributed by atoms with van der Waals surface area (Å²) in [4.78, 5) is 17.6. The van der Waals surface area contributed by atoms with Gasteiger partial charge in [-0.2, -0.15) is 0 Å². The molecule has 1 N–H and O–H groups in total. The number of ketones is 1. The molecule has 0 fully saturated rings. The van der Waals surface area contributed by atoms with Crippen LogP contribution in [0.2, 0.25) is 0 Å². The summed E-state index contributed by atoms with van der Waals surface area (Å²) in [6.45, 7) is 16.0. The van der Waals surface area contributed by atoms with Gasteiger partial charge in [0.05, 0.1) is 0 Å². The highest BCUT2D eigenvalue weighted by molar-refractivity contribution is 6.11. The maximum absolute atomic E-state index is 12.8. The Hall–Kier alpha value is -0.930. The van der Waals surface area contributed by atoms with Gasteiger partial charge in [-0.3, -0.25) is 10.1 Å². The van der Waals surface area contributed by atoms with Crippen molar-refractivity contribution in [1.29, 1.82) is 0 Å². The number of rotatable bonds is 2. The molecule has 0 aromatic heterocycles. The van der Waals surface area contributed by atoms with E-state index in [1.54, 1.807) is 12.2 Å². The van der Waals surface area contributed by atoms with Crippen molar-refractivity contribution in [2.45, 2.75) is 61.0 Å². The normalized spacial score (nSPS) is 20.0. The number of hydrogen-bond donors (Lipinski definition) is 1. The summed E-state index contributed by atoms with van der Waals surface area (Å²) < 4.78 is 0. The highest BCUT2D eigenvalue weighted by Crippen LogP contribution is 2.43. The molecule has 0 bridgehead atoms. The SMILES string of the molecule is CC(C)C1(OO)C=C(C(C)(C)C)C(=O)C(C(C)(C)C)=C1. The lowest BCUT2D eigenvalue weighted by atomic mass is 9.68. The van der Waals surface area contributed by atoms with Crippen molar-refractivity contribution in [3.8, 4) is 0 Å². The van der Waals surface area contributed by atoms with Gasteiger partial charge in [0.1, 0.15) is 5.60 Å². The van der Waals surface area contributed by atoms with Crippen LogP contribution in [0.15, 0.2) is 23.3 Å². The standard InChI is InChI=1S/C17H28O3/c1-11(2)17(20-19)9-12(15(3,4)5)14(18)13(10-17)16(6,7)8/h9-11,19H,1-8H3. The Balaban J connectivity index is 3.56. The summed E-state index contributed by atoms with van der Waals surface area (Å²) >= 11 is 0.